The third-order valence-corrected chi connectivity index (χ3v) is 5.59. The van der Waals surface area contributed by atoms with Crippen LogP contribution in [-0.2, 0) is 6.42 Å². The number of carbonyl (C=O) groups is 1. The van der Waals surface area contributed by atoms with Crippen molar-refractivity contribution >= 4 is 11.6 Å². The van der Waals surface area contributed by atoms with Gasteiger partial charge < -0.3 is 10.2 Å². The summed E-state index contributed by atoms with van der Waals surface area (Å²) in [6.45, 7) is 4.22. The van der Waals surface area contributed by atoms with Gasteiger partial charge >= 0.3 is 0 Å². The molecule has 1 unspecified atom stereocenters. The standard InChI is InChI=1S/C24H28N4O/c1-16-12-17(2)14-20(13-16)28-23-7-5-6-22(21(23)15-25-28)26-24(29)18-8-10-19(11-9-18)27(3)4/h8-15,22H,5-7H2,1-4H3,(H,26,29). The molecule has 0 spiro atoms. The predicted octanol–water partition coefficient (Wildman–Crippen LogP) is 4.36. The van der Waals surface area contributed by atoms with Crippen molar-refractivity contribution in [2.45, 2.75) is 39.2 Å². The molecule has 29 heavy (non-hydrogen) atoms. The molecule has 0 saturated heterocycles. The van der Waals surface area contributed by atoms with Crippen LogP contribution in [0.1, 0.15) is 51.6 Å². The van der Waals surface area contributed by atoms with Gasteiger partial charge in [0.25, 0.3) is 5.91 Å². The zero-order chi connectivity index (χ0) is 20.5. The van der Waals surface area contributed by atoms with E-state index in [9.17, 15) is 4.79 Å². The van der Waals surface area contributed by atoms with E-state index in [0.29, 0.717) is 5.56 Å². The molecule has 3 aromatic rings. The van der Waals surface area contributed by atoms with Gasteiger partial charge in [0.05, 0.1) is 17.9 Å². The Labute approximate surface area is 172 Å². The van der Waals surface area contributed by atoms with E-state index in [-0.39, 0.29) is 11.9 Å². The fourth-order valence-electron chi connectivity index (χ4n) is 4.15. The van der Waals surface area contributed by atoms with Crippen molar-refractivity contribution in [2.24, 2.45) is 0 Å². The zero-order valence-electron chi connectivity index (χ0n) is 17.6. The SMILES string of the molecule is Cc1cc(C)cc(-n2ncc3c2CCCC3NC(=O)c2ccc(N(C)C)cc2)c1. The molecule has 0 aliphatic heterocycles. The molecular formula is C24H28N4O. The molecule has 1 aromatic heterocycles. The maximum absolute atomic E-state index is 12.8. The minimum absolute atomic E-state index is 0.000526. The minimum atomic E-state index is -0.0349. The smallest absolute Gasteiger partial charge is 0.251 e. The van der Waals surface area contributed by atoms with Crippen LogP contribution in [-0.4, -0.2) is 29.8 Å². The number of benzene rings is 2. The fraction of sp³-hybridized carbons (Fsp3) is 0.333. The molecule has 5 nitrogen and oxygen atoms in total. The van der Waals surface area contributed by atoms with E-state index in [1.807, 2.05) is 54.1 Å². The quantitative estimate of drug-likeness (QED) is 0.722. The Morgan fingerprint density at radius 1 is 1.10 bits per heavy atom. The van der Waals surface area contributed by atoms with E-state index in [1.165, 1.54) is 16.8 Å². The highest BCUT2D eigenvalue weighted by molar-refractivity contribution is 5.94. The number of fused-ring (bicyclic) bond motifs is 1. The average Bonchev–Trinajstić information content (AvgIpc) is 3.12. The number of hydrogen-bond donors (Lipinski definition) is 1. The van der Waals surface area contributed by atoms with E-state index in [0.717, 1.165) is 36.2 Å². The molecule has 1 amide bonds. The van der Waals surface area contributed by atoms with Crippen LogP contribution in [0.3, 0.4) is 0 Å². The number of nitrogens with one attached hydrogen (secondary N) is 1. The van der Waals surface area contributed by atoms with Crippen LogP contribution in [0, 0.1) is 13.8 Å². The van der Waals surface area contributed by atoms with Gasteiger partial charge in [0, 0.05) is 36.6 Å². The Hall–Kier alpha value is -3.08. The second kappa shape index (κ2) is 7.74. The number of rotatable bonds is 4. The van der Waals surface area contributed by atoms with Gasteiger partial charge in [0.2, 0.25) is 0 Å². The van der Waals surface area contributed by atoms with Crippen molar-refractivity contribution in [3.8, 4) is 5.69 Å². The molecule has 150 valence electrons. The number of hydrogen-bond acceptors (Lipinski definition) is 3. The van der Waals surface area contributed by atoms with Gasteiger partial charge in [0.1, 0.15) is 0 Å². The second-order valence-corrected chi connectivity index (χ2v) is 8.16. The normalized spacial score (nSPS) is 15.7. The van der Waals surface area contributed by atoms with Gasteiger partial charge in [-0.05, 0) is 80.6 Å². The lowest BCUT2D eigenvalue weighted by Gasteiger charge is -2.24. The van der Waals surface area contributed by atoms with Crippen LogP contribution >= 0.6 is 0 Å². The average molecular weight is 389 g/mol. The molecule has 1 aliphatic rings. The van der Waals surface area contributed by atoms with Crippen LogP contribution in [0.25, 0.3) is 5.69 Å². The second-order valence-electron chi connectivity index (χ2n) is 8.16. The van der Waals surface area contributed by atoms with Crippen molar-refractivity contribution in [3.05, 3.63) is 76.6 Å². The first-order chi connectivity index (χ1) is 13.9. The van der Waals surface area contributed by atoms with Gasteiger partial charge in [0.15, 0.2) is 0 Å². The first kappa shape index (κ1) is 19.2. The highest BCUT2D eigenvalue weighted by atomic mass is 16.1. The first-order valence-electron chi connectivity index (χ1n) is 10.2. The Bertz CT molecular complexity index is 1010. The maximum Gasteiger partial charge on any atom is 0.251 e. The Kier molecular flexibility index (Phi) is 5.14. The molecule has 5 heteroatoms. The first-order valence-corrected chi connectivity index (χ1v) is 10.2. The summed E-state index contributed by atoms with van der Waals surface area (Å²) in [4.78, 5) is 14.8. The summed E-state index contributed by atoms with van der Waals surface area (Å²) in [5, 5.41) is 7.89. The molecule has 1 aliphatic carbocycles. The van der Waals surface area contributed by atoms with E-state index in [2.05, 4.69) is 42.5 Å². The van der Waals surface area contributed by atoms with E-state index in [4.69, 9.17) is 0 Å². The summed E-state index contributed by atoms with van der Waals surface area (Å²) in [6, 6.07) is 14.2. The van der Waals surface area contributed by atoms with Crippen LogP contribution in [0.2, 0.25) is 0 Å². The fourth-order valence-corrected chi connectivity index (χ4v) is 4.15. The Morgan fingerprint density at radius 3 is 2.45 bits per heavy atom. The lowest BCUT2D eigenvalue weighted by Crippen LogP contribution is -2.31. The molecule has 2 aromatic carbocycles. The summed E-state index contributed by atoms with van der Waals surface area (Å²) >= 11 is 0. The summed E-state index contributed by atoms with van der Waals surface area (Å²) in [7, 11) is 3.98. The zero-order valence-corrected chi connectivity index (χ0v) is 17.6. The lowest BCUT2D eigenvalue weighted by molar-refractivity contribution is 0.0932. The highest BCUT2D eigenvalue weighted by Gasteiger charge is 2.26. The Morgan fingerprint density at radius 2 is 1.79 bits per heavy atom. The molecular weight excluding hydrogens is 360 g/mol. The topological polar surface area (TPSA) is 50.2 Å². The maximum atomic E-state index is 12.8. The number of anilines is 1. The lowest BCUT2D eigenvalue weighted by atomic mass is 9.92. The van der Waals surface area contributed by atoms with Crippen LogP contribution < -0.4 is 10.2 Å². The molecule has 0 radical (unpaired) electrons. The van der Waals surface area contributed by atoms with Crippen molar-refractivity contribution in [3.63, 3.8) is 0 Å². The van der Waals surface area contributed by atoms with Gasteiger partial charge in [-0.3, -0.25) is 4.79 Å². The van der Waals surface area contributed by atoms with Gasteiger partial charge in [-0.25, -0.2) is 4.68 Å². The van der Waals surface area contributed by atoms with E-state index < -0.39 is 0 Å². The van der Waals surface area contributed by atoms with Crippen molar-refractivity contribution in [1.82, 2.24) is 15.1 Å². The third kappa shape index (κ3) is 3.90. The summed E-state index contributed by atoms with van der Waals surface area (Å²) < 4.78 is 2.04. The van der Waals surface area contributed by atoms with Gasteiger partial charge in [-0.2, -0.15) is 5.10 Å². The van der Waals surface area contributed by atoms with Crippen molar-refractivity contribution in [2.75, 3.05) is 19.0 Å². The number of carbonyl (C=O) groups excluding carboxylic acids is 1. The summed E-state index contributed by atoms with van der Waals surface area (Å²) in [6.07, 6.45) is 4.87. The third-order valence-electron chi connectivity index (χ3n) is 5.59. The van der Waals surface area contributed by atoms with E-state index in [1.54, 1.807) is 0 Å². The molecule has 1 N–H and O–H groups in total. The molecule has 4 rings (SSSR count). The summed E-state index contributed by atoms with van der Waals surface area (Å²) in [5.41, 5.74) is 7.65. The molecule has 1 heterocycles. The van der Waals surface area contributed by atoms with Crippen molar-refractivity contribution in [1.29, 1.82) is 0 Å². The van der Waals surface area contributed by atoms with E-state index >= 15 is 0 Å². The number of nitrogens with zero attached hydrogens (tertiary/aromatic N) is 3. The predicted molar refractivity (Wildman–Crippen MR) is 117 cm³/mol. The van der Waals surface area contributed by atoms with Crippen LogP contribution in [0.4, 0.5) is 5.69 Å². The molecule has 0 bridgehead atoms. The molecule has 1 atom stereocenters. The monoisotopic (exact) mass is 388 g/mol. The number of aromatic nitrogens is 2. The Balaban J connectivity index is 1.57. The largest absolute Gasteiger partial charge is 0.378 e. The summed E-state index contributed by atoms with van der Waals surface area (Å²) in [5.74, 6) is -0.0349. The van der Waals surface area contributed by atoms with Crippen LogP contribution in [0.5, 0.6) is 0 Å². The molecule has 0 fully saturated rings. The van der Waals surface area contributed by atoms with Gasteiger partial charge in [-0.1, -0.05) is 6.07 Å². The highest BCUT2D eigenvalue weighted by Crippen LogP contribution is 2.31. The molecule has 0 saturated carbocycles. The van der Waals surface area contributed by atoms with Crippen molar-refractivity contribution < 1.29 is 4.79 Å². The van der Waals surface area contributed by atoms with Gasteiger partial charge in [-0.15, -0.1) is 0 Å². The number of amides is 1. The van der Waals surface area contributed by atoms with Crippen LogP contribution in [0.15, 0.2) is 48.7 Å². The number of aryl methyl sites for hydroxylation is 2. The minimum Gasteiger partial charge on any atom is -0.378 e.